The van der Waals surface area contributed by atoms with E-state index in [1.54, 1.807) is 37.3 Å². The molecule has 3 atom stereocenters. The van der Waals surface area contributed by atoms with Crippen LogP contribution in [0, 0.1) is 11.8 Å². The Morgan fingerprint density at radius 3 is 2.63 bits per heavy atom. The highest BCUT2D eigenvalue weighted by Gasteiger charge is 2.31. The highest BCUT2D eigenvalue weighted by molar-refractivity contribution is 5.99. The molecule has 1 aromatic rings. The molecule has 1 saturated carbocycles. The SMILES string of the molecule is CO[C@@H]1CN(C)C(=O)c2cc(NC(C)=O)ccc2OC[C@@H](C)N(CC2CC2)C[C@H]1C. The van der Waals surface area contributed by atoms with Gasteiger partial charge in [0.05, 0.1) is 11.7 Å². The van der Waals surface area contributed by atoms with Gasteiger partial charge >= 0.3 is 0 Å². The van der Waals surface area contributed by atoms with Gasteiger partial charge < -0.3 is 19.7 Å². The number of hydrogen-bond acceptors (Lipinski definition) is 5. The lowest BCUT2D eigenvalue weighted by molar-refractivity contribution is -0.114. The number of likely N-dealkylation sites (N-methyl/N-ethyl adjacent to an activating group) is 1. The van der Waals surface area contributed by atoms with Crippen molar-refractivity contribution in [2.24, 2.45) is 11.8 Å². The van der Waals surface area contributed by atoms with E-state index in [1.165, 1.54) is 19.8 Å². The van der Waals surface area contributed by atoms with Gasteiger partial charge in [-0.3, -0.25) is 14.5 Å². The fraction of sp³-hybridized carbons (Fsp3) is 0.652. The fourth-order valence-electron chi connectivity index (χ4n) is 4.02. The van der Waals surface area contributed by atoms with E-state index < -0.39 is 0 Å². The number of carbonyl (C=O) groups is 2. The van der Waals surface area contributed by atoms with Gasteiger partial charge in [0, 0.05) is 52.4 Å². The number of hydrogen-bond donors (Lipinski definition) is 1. The zero-order chi connectivity index (χ0) is 21.8. The van der Waals surface area contributed by atoms with Crippen LogP contribution in [0.3, 0.4) is 0 Å². The quantitative estimate of drug-likeness (QED) is 0.816. The molecule has 0 aromatic heterocycles. The van der Waals surface area contributed by atoms with Gasteiger partial charge in [0.15, 0.2) is 0 Å². The van der Waals surface area contributed by atoms with Crippen LogP contribution < -0.4 is 10.1 Å². The van der Waals surface area contributed by atoms with Gasteiger partial charge in [-0.1, -0.05) is 6.92 Å². The molecule has 0 spiro atoms. The molecule has 7 heteroatoms. The topological polar surface area (TPSA) is 71.1 Å². The fourth-order valence-corrected chi connectivity index (χ4v) is 4.02. The smallest absolute Gasteiger partial charge is 0.257 e. The van der Waals surface area contributed by atoms with Crippen LogP contribution in [0.5, 0.6) is 5.75 Å². The van der Waals surface area contributed by atoms with E-state index in [2.05, 4.69) is 24.1 Å². The number of rotatable bonds is 4. The number of methoxy groups -OCH3 is 1. The zero-order valence-electron chi connectivity index (χ0n) is 18.8. The number of carbonyl (C=O) groups excluding carboxylic acids is 2. The molecule has 0 unspecified atom stereocenters. The minimum Gasteiger partial charge on any atom is -0.491 e. The van der Waals surface area contributed by atoms with Crippen LogP contribution in [0.15, 0.2) is 18.2 Å². The van der Waals surface area contributed by atoms with Crippen LogP contribution >= 0.6 is 0 Å². The second-order valence-corrected chi connectivity index (χ2v) is 8.89. The molecule has 3 rings (SSSR count). The lowest BCUT2D eigenvalue weighted by Crippen LogP contribution is -2.47. The van der Waals surface area contributed by atoms with E-state index in [0.29, 0.717) is 30.2 Å². The first-order valence-electron chi connectivity index (χ1n) is 10.8. The molecular weight excluding hydrogens is 382 g/mol. The van der Waals surface area contributed by atoms with Gasteiger partial charge in [0.25, 0.3) is 5.91 Å². The monoisotopic (exact) mass is 417 g/mol. The molecule has 166 valence electrons. The molecule has 1 aliphatic heterocycles. The summed E-state index contributed by atoms with van der Waals surface area (Å²) < 4.78 is 11.9. The molecule has 1 fully saturated rings. The predicted octanol–water partition coefficient (Wildman–Crippen LogP) is 2.86. The van der Waals surface area contributed by atoms with Crippen molar-refractivity contribution < 1.29 is 19.1 Å². The number of fused-ring (bicyclic) bond motifs is 1. The third-order valence-corrected chi connectivity index (χ3v) is 6.08. The number of benzene rings is 1. The van der Waals surface area contributed by atoms with Crippen molar-refractivity contribution in [1.29, 1.82) is 0 Å². The van der Waals surface area contributed by atoms with E-state index in [1.807, 2.05) is 0 Å². The van der Waals surface area contributed by atoms with Crippen molar-refractivity contribution in [3.63, 3.8) is 0 Å². The average molecular weight is 418 g/mol. The van der Waals surface area contributed by atoms with E-state index in [0.717, 1.165) is 19.0 Å². The summed E-state index contributed by atoms with van der Waals surface area (Å²) in [7, 11) is 3.50. The third-order valence-electron chi connectivity index (χ3n) is 6.08. The van der Waals surface area contributed by atoms with E-state index in [-0.39, 0.29) is 29.9 Å². The Hall–Kier alpha value is -2.12. The summed E-state index contributed by atoms with van der Waals surface area (Å²) in [5.41, 5.74) is 1.03. The van der Waals surface area contributed by atoms with Crippen molar-refractivity contribution in [2.45, 2.75) is 45.8 Å². The maximum absolute atomic E-state index is 13.2. The summed E-state index contributed by atoms with van der Waals surface area (Å²) in [6.07, 6.45) is 2.55. The maximum Gasteiger partial charge on any atom is 0.257 e. The lowest BCUT2D eigenvalue weighted by Gasteiger charge is -2.36. The molecule has 0 bridgehead atoms. The van der Waals surface area contributed by atoms with Crippen molar-refractivity contribution in [1.82, 2.24) is 9.80 Å². The molecule has 1 aromatic carbocycles. The van der Waals surface area contributed by atoms with Crippen molar-refractivity contribution in [3.05, 3.63) is 23.8 Å². The van der Waals surface area contributed by atoms with Gasteiger partial charge in [-0.05, 0) is 49.8 Å². The van der Waals surface area contributed by atoms with Crippen LogP contribution in [-0.4, -0.2) is 74.2 Å². The van der Waals surface area contributed by atoms with Crippen LogP contribution in [0.1, 0.15) is 44.0 Å². The Bertz CT molecular complexity index is 765. The minimum atomic E-state index is -0.178. The van der Waals surface area contributed by atoms with Gasteiger partial charge in [-0.15, -0.1) is 0 Å². The molecule has 30 heavy (non-hydrogen) atoms. The second-order valence-electron chi connectivity index (χ2n) is 8.89. The van der Waals surface area contributed by atoms with Gasteiger partial charge in [-0.2, -0.15) is 0 Å². The number of amides is 2. The van der Waals surface area contributed by atoms with Crippen LogP contribution in [0.4, 0.5) is 5.69 Å². The maximum atomic E-state index is 13.2. The van der Waals surface area contributed by atoms with Gasteiger partial charge in [-0.25, -0.2) is 0 Å². The predicted molar refractivity (Wildman–Crippen MR) is 117 cm³/mol. The Morgan fingerprint density at radius 1 is 1.27 bits per heavy atom. The number of nitrogens with zero attached hydrogens (tertiary/aromatic N) is 2. The van der Waals surface area contributed by atoms with Crippen molar-refractivity contribution in [2.75, 3.05) is 45.7 Å². The molecule has 0 saturated heterocycles. The largest absolute Gasteiger partial charge is 0.491 e. The Labute approximate surface area is 179 Å². The normalized spacial score (nSPS) is 26.2. The highest BCUT2D eigenvalue weighted by Crippen LogP contribution is 2.31. The third kappa shape index (κ3) is 5.73. The highest BCUT2D eigenvalue weighted by atomic mass is 16.5. The van der Waals surface area contributed by atoms with Crippen molar-refractivity contribution >= 4 is 17.5 Å². The van der Waals surface area contributed by atoms with Crippen LogP contribution in [0.25, 0.3) is 0 Å². The molecule has 1 aliphatic carbocycles. The van der Waals surface area contributed by atoms with E-state index in [9.17, 15) is 9.59 Å². The Morgan fingerprint density at radius 2 is 2.00 bits per heavy atom. The summed E-state index contributed by atoms with van der Waals surface area (Å²) in [6.45, 7) is 8.80. The molecule has 1 N–H and O–H groups in total. The van der Waals surface area contributed by atoms with Gasteiger partial charge in [0.1, 0.15) is 12.4 Å². The zero-order valence-corrected chi connectivity index (χ0v) is 18.8. The Kier molecular flexibility index (Phi) is 7.36. The molecule has 2 aliphatic rings. The minimum absolute atomic E-state index is 0.0600. The molecule has 1 heterocycles. The summed E-state index contributed by atoms with van der Waals surface area (Å²) in [4.78, 5) is 28.9. The average Bonchev–Trinajstić information content (AvgIpc) is 3.52. The summed E-state index contributed by atoms with van der Waals surface area (Å²) >= 11 is 0. The summed E-state index contributed by atoms with van der Waals surface area (Å²) in [5.74, 6) is 1.28. The Balaban J connectivity index is 1.91. The van der Waals surface area contributed by atoms with Crippen LogP contribution in [0.2, 0.25) is 0 Å². The van der Waals surface area contributed by atoms with E-state index >= 15 is 0 Å². The molecular formula is C23H35N3O4. The first-order valence-corrected chi connectivity index (χ1v) is 10.8. The standard InChI is InChI=1S/C23H35N3O4/c1-15-11-26(12-18-6-7-18)16(2)14-30-21-9-8-19(24-17(3)27)10-20(21)23(28)25(4)13-22(15)29-5/h8-10,15-16,18,22H,6-7,11-14H2,1-5H3,(H,24,27)/t15-,16-,22-/m1/s1. The molecule has 0 radical (unpaired) electrons. The first-order chi connectivity index (χ1) is 14.3. The first kappa shape index (κ1) is 22.6. The van der Waals surface area contributed by atoms with Gasteiger partial charge in [0.2, 0.25) is 5.91 Å². The molecule has 7 nitrogen and oxygen atoms in total. The van der Waals surface area contributed by atoms with Crippen molar-refractivity contribution in [3.8, 4) is 5.75 Å². The number of nitrogens with one attached hydrogen (secondary N) is 1. The summed E-state index contributed by atoms with van der Waals surface area (Å²) in [6, 6.07) is 5.46. The van der Waals surface area contributed by atoms with E-state index in [4.69, 9.17) is 9.47 Å². The molecule has 2 amide bonds. The number of anilines is 1. The second kappa shape index (κ2) is 9.79. The van der Waals surface area contributed by atoms with Crippen LogP contribution in [-0.2, 0) is 9.53 Å². The summed E-state index contributed by atoms with van der Waals surface area (Å²) in [5, 5.41) is 2.75. The number of ether oxygens (including phenoxy) is 2. The lowest BCUT2D eigenvalue weighted by atomic mass is 10.0.